The molecule has 1 rings (SSSR count). The van der Waals surface area contributed by atoms with E-state index in [1.54, 1.807) is 0 Å². The summed E-state index contributed by atoms with van der Waals surface area (Å²) in [5.41, 5.74) is 5.69. The molecule has 6 nitrogen and oxygen atoms in total. The molecule has 0 aromatic carbocycles. The van der Waals surface area contributed by atoms with E-state index in [0.717, 1.165) is 6.42 Å². The number of hydrogen-bond donors (Lipinski definition) is 3. The van der Waals surface area contributed by atoms with E-state index in [0.29, 0.717) is 26.1 Å². The highest BCUT2D eigenvalue weighted by Crippen LogP contribution is 2.42. The highest BCUT2D eigenvalue weighted by atomic mass is 31.2. The van der Waals surface area contributed by atoms with Gasteiger partial charge in [-0.05, 0) is 12.8 Å². The van der Waals surface area contributed by atoms with E-state index in [1.165, 1.54) is 4.67 Å². The Morgan fingerprint density at radius 2 is 2.00 bits per heavy atom. The number of nitrogens with two attached hydrogens (primary N) is 1. The van der Waals surface area contributed by atoms with Gasteiger partial charge in [0, 0.05) is 19.6 Å². The maximum absolute atomic E-state index is 12.6. The molecule has 7 heteroatoms. The zero-order chi connectivity index (χ0) is 12.2. The van der Waals surface area contributed by atoms with Crippen LogP contribution in [0, 0.1) is 0 Å². The van der Waals surface area contributed by atoms with Crippen molar-refractivity contribution >= 4 is 13.5 Å². The summed E-state index contributed by atoms with van der Waals surface area (Å²) in [7, 11) is -2.98. The van der Waals surface area contributed by atoms with E-state index in [-0.39, 0.29) is 5.91 Å². The smallest absolute Gasteiger partial charge is 0.308 e. The molecule has 0 aromatic rings. The van der Waals surface area contributed by atoms with Crippen LogP contribution in [0.3, 0.4) is 0 Å². The summed E-state index contributed by atoms with van der Waals surface area (Å²) in [5, 5.41) is 5.75. The third-order valence-corrected chi connectivity index (χ3v) is 5.11. The van der Waals surface area contributed by atoms with Crippen LogP contribution in [0.2, 0.25) is 0 Å². The Kier molecular flexibility index (Phi) is 4.92. The van der Waals surface area contributed by atoms with Crippen LogP contribution in [0.4, 0.5) is 0 Å². The van der Waals surface area contributed by atoms with Gasteiger partial charge in [-0.1, -0.05) is 13.8 Å². The standard InChI is InChI=1S/C9H21N4O2P/c1-3-11-16(15,12-4-2)13-7-5-6-8(10)9(13)14/h8H,3-7,10H2,1-2H3,(H2,11,12,15)/t8-/m0/s1. The molecule has 1 aliphatic rings. The molecule has 94 valence electrons. The quantitative estimate of drug-likeness (QED) is 0.608. The van der Waals surface area contributed by atoms with Gasteiger partial charge < -0.3 is 5.73 Å². The third-order valence-electron chi connectivity index (χ3n) is 2.54. The predicted octanol–water partition coefficient (Wildman–Crippen LogP) is 0.263. The van der Waals surface area contributed by atoms with E-state index < -0.39 is 13.6 Å². The SMILES string of the molecule is CCNP(=O)(NCC)N1CCC[C@H](N)C1=O. The number of nitrogens with one attached hydrogen (secondary N) is 2. The van der Waals surface area contributed by atoms with Gasteiger partial charge in [-0.15, -0.1) is 0 Å². The second kappa shape index (κ2) is 5.77. The Bertz CT molecular complexity index is 287. The Labute approximate surface area is 96.5 Å². The second-order valence-electron chi connectivity index (χ2n) is 3.81. The summed E-state index contributed by atoms with van der Waals surface area (Å²) in [6.07, 6.45) is 1.47. The van der Waals surface area contributed by atoms with E-state index in [9.17, 15) is 9.36 Å². The second-order valence-corrected chi connectivity index (χ2v) is 6.08. The lowest BCUT2D eigenvalue weighted by atomic mass is 10.1. The molecule has 1 amide bonds. The summed E-state index contributed by atoms with van der Waals surface area (Å²) in [5.74, 6) is -0.225. The molecule has 0 radical (unpaired) electrons. The van der Waals surface area contributed by atoms with Crippen molar-refractivity contribution in [3.63, 3.8) is 0 Å². The van der Waals surface area contributed by atoms with Crippen LogP contribution in [0.25, 0.3) is 0 Å². The average Bonchev–Trinajstić information content (AvgIpc) is 2.22. The molecule has 1 fully saturated rings. The van der Waals surface area contributed by atoms with Crippen molar-refractivity contribution in [2.45, 2.75) is 32.7 Å². The van der Waals surface area contributed by atoms with E-state index >= 15 is 0 Å². The maximum atomic E-state index is 12.6. The van der Waals surface area contributed by atoms with Crippen molar-refractivity contribution in [3.8, 4) is 0 Å². The first-order valence-electron chi connectivity index (χ1n) is 5.73. The van der Waals surface area contributed by atoms with Gasteiger partial charge in [0.15, 0.2) is 0 Å². The van der Waals surface area contributed by atoms with Crippen molar-refractivity contribution in [1.29, 1.82) is 0 Å². The molecule has 1 aliphatic heterocycles. The molecule has 1 saturated heterocycles. The molecule has 1 atom stereocenters. The van der Waals surface area contributed by atoms with E-state index in [4.69, 9.17) is 5.73 Å². The third kappa shape index (κ3) is 2.83. The molecule has 0 spiro atoms. The van der Waals surface area contributed by atoms with Gasteiger partial charge in [0.25, 0.3) is 0 Å². The molecule has 0 bridgehead atoms. The van der Waals surface area contributed by atoms with E-state index in [1.807, 2.05) is 13.8 Å². The Morgan fingerprint density at radius 1 is 1.44 bits per heavy atom. The first-order valence-corrected chi connectivity index (χ1v) is 7.38. The fourth-order valence-electron chi connectivity index (χ4n) is 1.82. The summed E-state index contributed by atoms with van der Waals surface area (Å²) >= 11 is 0. The number of hydrogen-bond acceptors (Lipinski definition) is 3. The zero-order valence-corrected chi connectivity index (χ0v) is 10.8. The Hall–Kier alpha value is -0.420. The highest BCUT2D eigenvalue weighted by molar-refractivity contribution is 7.58. The number of amides is 1. The largest absolute Gasteiger partial charge is 0.320 e. The minimum absolute atomic E-state index is 0.225. The minimum atomic E-state index is -2.98. The molecule has 0 aromatic heterocycles. The van der Waals surface area contributed by atoms with Crippen molar-refractivity contribution in [3.05, 3.63) is 0 Å². The van der Waals surface area contributed by atoms with Gasteiger partial charge in [-0.25, -0.2) is 10.2 Å². The number of rotatable bonds is 5. The minimum Gasteiger partial charge on any atom is -0.320 e. The van der Waals surface area contributed by atoms with Gasteiger partial charge in [-0.3, -0.25) is 14.0 Å². The normalized spacial score (nSPS) is 22.6. The van der Waals surface area contributed by atoms with Gasteiger partial charge in [-0.2, -0.15) is 0 Å². The van der Waals surface area contributed by atoms with Crippen LogP contribution < -0.4 is 15.9 Å². The first-order chi connectivity index (χ1) is 7.55. The van der Waals surface area contributed by atoms with Crippen LogP contribution in [0.1, 0.15) is 26.7 Å². The van der Waals surface area contributed by atoms with Gasteiger partial charge in [0.05, 0.1) is 6.04 Å². The number of nitrogens with zero attached hydrogens (tertiary/aromatic N) is 1. The molecule has 1 heterocycles. The lowest BCUT2D eigenvalue weighted by molar-refractivity contribution is -0.129. The Morgan fingerprint density at radius 3 is 2.50 bits per heavy atom. The van der Waals surface area contributed by atoms with Crippen molar-refractivity contribution in [2.75, 3.05) is 19.6 Å². The van der Waals surface area contributed by atoms with Crippen molar-refractivity contribution < 1.29 is 9.36 Å². The molecule has 0 unspecified atom stereocenters. The molecule has 0 saturated carbocycles. The zero-order valence-electron chi connectivity index (χ0n) is 9.90. The van der Waals surface area contributed by atoms with Gasteiger partial charge >= 0.3 is 7.59 Å². The molecule has 16 heavy (non-hydrogen) atoms. The molecular weight excluding hydrogens is 227 g/mol. The number of carbonyl (C=O) groups excluding carboxylic acids is 1. The fourth-order valence-corrected chi connectivity index (χ4v) is 3.98. The van der Waals surface area contributed by atoms with Gasteiger partial charge in [0.2, 0.25) is 5.91 Å². The van der Waals surface area contributed by atoms with Crippen molar-refractivity contribution in [2.24, 2.45) is 5.73 Å². The summed E-state index contributed by atoms with van der Waals surface area (Å²) < 4.78 is 13.9. The van der Waals surface area contributed by atoms with Crippen LogP contribution in [0.5, 0.6) is 0 Å². The number of carbonyl (C=O) groups is 1. The summed E-state index contributed by atoms with van der Waals surface area (Å²) in [4.78, 5) is 11.9. The van der Waals surface area contributed by atoms with E-state index in [2.05, 4.69) is 10.2 Å². The lowest BCUT2D eigenvalue weighted by Crippen LogP contribution is -2.50. The Balaban J connectivity index is 2.84. The van der Waals surface area contributed by atoms with Crippen LogP contribution >= 0.6 is 7.59 Å². The van der Waals surface area contributed by atoms with Crippen LogP contribution in [-0.4, -0.2) is 36.3 Å². The fraction of sp³-hybridized carbons (Fsp3) is 0.889. The summed E-state index contributed by atoms with van der Waals surface area (Å²) in [6, 6.07) is -0.514. The molecule has 0 aliphatic carbocycles. The number of piperidine rings is 1. The van der Waals surface area contributed by atoms with Crippen LogP contribution in [0.15, 0.2) is 0 Å². The molecule has 4 N–H and O–H groups in total. The maximum Gasteiger partial charge on any atom is 0.308 e. The van der Waals surface area contributed by atoms with Crippen LogP contribution in [-0.2, 0) is 9.36 Å². The lowest BCUT2D eigenvalue weighted by Gasteiger charge is -2.36. The highest BCUT2D eigenvalue weighted by Gasteiger charge is 2.37. The summed E-state index contributed by atoms with van der Waals surface area (Å²) in [6.45, 7) is 5.31. The monoisotopic (exact) mass is 248 g/mol. The average molecular weight is 248 g/mol. The van der Waals surface area contributed by atoms with Crippen molar-refractivity contribution in [1.82, 2.24) is 14.8 Å². The predicted molar refractivity (Wildman–Crippen MR) is 63.9 cm³/mol. The topological polar surface area (TPSA) is 87.5 Å². The van der Waals surface area contributed by atoms with Gasteiger partial charge in [0.1, 0.15) is 0 Å². The first kappa shape index (κ1) is 13.6. The molecular formula is C9H21N4O2P.